The lowest BCUT2D eigenvalue weighted by Gasteiger charge is -2.18. The molecule has 1 aliphatic heterocycles. The molecule has 0 unspecified atom stereocenters. The molecule has 0 aliphatic carbocycles. The van der Waals surface area contributed by atoms with E-state index in [1.807, 2.05) is 30.3 Å². The molecular formula is C21H18N2O4. The Bertz CT molecular complexity index is 944. The second kappa shape index (κ2) is 7.78. The van der Waals surface area contributed by atoms with Gasteiger partial charge in [-0.2, -0.15) is 0 Å². The Morgan fingerprint density at radius 1 is 1.04 bits per heavy atom. The van der Waals surface area contributed by atoms with Gasteiger partial charge in [-0.3, -0.25) is 9.78 Å². The van der Waals surface area contributed by atoms with Crippen molar-refractivity contribution in [2.24, 2.45) is 0 Å². The van der Waals surface area contributed by atoms with Crippen LogP contribution in [0.1, 0.15) is 15.9 Å². The molecule has 4 rings (SSSR count). The summed E-state index contributed by atoms with van der Waals surface area (Å²) in [4.78, 5) is 16.6. The summed E-state index contributed by atoms with van der Waals surface area (Å²) in [5.74, 6) is 1.68. The number of carbonyl (C=O) groups is 1. The van der Waals surface area contributed by atoms with Crippen LogP contribution >= 0.6 is 0 Å². The van der Waals surface area contributed by atoms with Gasteiger partial charge in [-0.25, -0.2) is 0 Å². The van der Waals surface area contributed by atoms with Gasteiger partial charge in [0.05, 0.1) is 0 Å². The Hall–Kier alpha value is -3.54. The molecule has 2 aromatic carbocycles. The first-order valence-corrected chi connectivity index (χ1v) is 8.61. The fraction of sp³-hybridized carbons (Fsp3) is 0.143. The van der Waals surface area contributed by atoms with Gasteiger partial charge in [0.15, 0.2) is 11.5 Å². The molecule has 6 heteroatoms. The van der Waals surface area contributed by atoms with Crippen LogP contribution in [0.2, 0.25) is 0 Å². The van der Waals surface area contributed by atoms with E-state index in [2.05, 4.69) is 10.3 Å². The van der Waals surface area contributed by atoms with Crippen molar-refractivity contribution in [2.45, 2.75) is 6.61 Å². The molecule has 1 amide bonds. The van der Waals surface area contributed by atoms with Gasteiger partial charge in [0.2, 0.25) is 0 Å². The van der Waals surface area contributed by atoms with E-state index in [9.17, 15) is 4.79 Å². The zero-order valence-corrected chi connectivity index (χ0v) is 14.6. The largest absolute Gasteiger partial charge is 0.489 e. The highest BCUT2D eigenvalue weighted by molar-refractivity contribution is 6.04. The third-order valence-corrected chi connectivity index (χ3v) is 4.02. The standard InChI is InChI=1S/C21H18N2O4/c24-21(16-6-7-19-20(11-16)26-10-9-25-19)23-17-4-1-5-18(12-17)27-14-15-3-2-8-22-13-15/h1-8,11-13H,9-10,14H2,(H,23,24). The summed E-state index contributed by atoms with van der Waals surface area (Å²) >= 11 is 0. The normalized spacial score (nSPS) is 12.3. The number of rotatable bonds is 5. The number of pyridine rings is 1. The van der Waals surface area contributed by atoms with Crippen LogP contribution in [0.3, 0.4) is 0 Å². The number of nitrogens with zero attached hydrogens (tertiary/aromatic N) is 1. The van der Waals surface area contributed by atoms with Gasteiger partial charge < -0.3 is 19.5 Å². The number of hydrogen-bond acceptors (Lipinski definition) is 5. The lowest BCUT2D eigenvalue weighted by atomic mass is 10.1. The van der Waals surface area contributed by atoms with Crippen molar-refractivity contribution in [3.63, 3.8) is 0 Å². The third kappa shape index (κ3) is 4.17. The molecule has 0 atom stereocenters. The number of benzene rings is 2. The average Bonchev–Trinajstić information content (AvgIpc) is 2.73. The van der Waals surface area contributed by atoms with Crippen molar-refractivity contribution in [1.82, 2.24) is 4.98 Å². The number of nitrogens with one attached hydrogen (secondary N) is 1. The minimum absolute atomic E-state index is 0.226. The molecule has 0 saturated heterocycles. The van der Waals surface area contributed by atoms with Gasteiger partial charge in [0, 0.05) is 35.3 Å². The number of fused-ring (bicyclic) bond motifs is 1. The zero-order chi connectivity index (χ0) is 18.5. The summed E-state index contributed by atoms with van der Waals surface area (Å²) in [6, 6.07) is 16.2. The molecule has 1 aromatic heterocycles. The smallest absolute Gasteiger partial charge is 0.255 e. The van der Waals surface area contributed by atoms with Crippen LogP contribution in [0.5, 0.6) is 17.2 Å². The highest BCUT2D eigenvalue weighted by Crippen LogP contribution is 2.31. The van der Waals surface area contributed by atoms with E-state index in [-0.39, 0.29) is 5.91 Å². The number of anilines is 1. The Morgan fingerprint density at radius 3 is 2.78 bits per heavy atom. The molecule has 0 radical (unpaired) electrons. The molecule has 1 aliphatic rings. The van der Waals surface area contributed by atoms with Crippen molar-refractivity contribution in [1.29, 1.82) is 0 Å². The van der Waals surface area contributed by atoms with Crippen molar-refractivity contribution in [3.05, 3.63) is 78.1 Å². The molecule has 0 fully saturated rings. The van der Waals surface area contributed by atoms with Gasteiger partial charge in [-0.05, 0) is 36.4 Å². The predicted octanol–water partition coefficient (Wildman–Crippen LogP) is 3.68. The minimum Gasteiger partial charge on any atom is -0.489 e. The van der Waals surface area contributed by atoms with Crippen LogP contribution in [-0.4, -0.2) is 24.1 Å². The van der Waals surface area contributed by atoms with Gasteiger partial charge in [-0.15, -0.1) is 0 Å². The quantitative estimate of drug-likeness (QED) is 0.750. The maximum Gasteiger partial charge on any atom is 0.255 e. The highest BCUT2D eigenvalue weighted by Gasteiger charge is 2.15. The second-order valence-corrected chi connectivity index (χ2v) is 5.99. The predicted molar refractivity (Wildman–Crippen MR) is 100 cm³/mol. The number of amides is 1. The number of hydrogen-bond donors (Lipinski definition) is 1. The third-order valence-electron chi connectivity index (χ3n) is 4.02. The lowest BCUT2D eigenvalue weighted by Crippen LogP contribution is -2.17. The van der Waals surface area contributed by atoms with Crippen molar-refractivity contribution >= 4 is 11.6 Å². The summed E-state index contributed by atoms with van der Waals surface area (Å²) in [7, 11) is 0. The lowest BCUT2D eigenvalue weighted by molar-refractivity contribution is 0.102. The number of carbonyl (C=O) groups excluding carboxylic acids is 1. The van der Waals surface area contributed by atoms with Crippen molar-refractivity contribution in [2.75, 3.05) is 18.5 Å². The molecule has 6 nitrogen and oxygen atoms in total. The van der Waals surface area contributed by atoms with E-state index < -0.39 is 0 Å². The van der Waals surface area contributed by atoms with E-state index in [1.165, 1.54) is 0 Å². The number of aromatic nitrogens is 1. The monoisotopic (exact) mass is 362 g/mol. The molecular weight excluding hydrogens is 344 g/mol. The van der Waals surface area contributed by atoms with Crippen LogP contribution in [0.4, 0.5) is 5.69 Å². The van der Waals surface area contributed by atoms with E-state index in [1.54, 1.807) is 36.7 Å². The SMILES string of the molecule is O=C(Nc1cccc(OCc2cccnc2)c1)c1ccc2c(c1)OCCO2. The Balaban J connectivity index is 1.42. The van der Waals surface area contributed by atoms with E-state index in [0.717, 1.165) is 5.56 Å². The fourth-order valence-corrected chi connectivity index (χ4v) is 2.70. The van der Waals surface area contributed by atoms with E-state index in [0.29, 0.717) is 48.3 Å². The molecule has 0 spiro atoms. The summed E-state index contributed by atoms with van der Waals surface area (Å²) in [5, 5.41) is 2.88. The Kier molecular flexibility index (Phi) is 4.87. The molecule has 0 bridgehead atoms. The van der Waals surface area contributed by atoms with Crippen LogP contribution in [0.25, 0.3) is 0 Å². The van der Waals surface area contributed by atoms with Gasteiger partial charge in [-0.1, -0.05) is 12.1 Å². The van der Waals surface area contributed by atoms with Gasteiger partial charge >= 0.3 is 0 Å². The molecule has 27 heavy (non-hydrogen) atoms. The molecule has 136 valence electrons. The first-order valence-electron chi connectivity index (χ1n) is 8.61. The highest BCUT2D eigenvalue weighted by atomic mass is 16.6. The summed E-state index contributed by atoms with van der Waals surface area (Å²) < 4.78 is 16.8. The topological polar surface area (TPSA) is 69.7 Å². The molecule has 3 aromatic rings. The number of ether oxygens (including phenoxy) is 3. The van der Waals surface area contributed by atoms with E-state index >= 15 is 0 Å². The molecule has 2 heterocycles. The van der Waals surface area contributed by atoms with Crippen molar-refractivity contribution in [3.8, 4) is 17.2 Å². The average molecular weight is 362 g/mol. The molecule has 1 N–H and O–H groups in total. The second-order valence-electron chi connectivity index (χ2n) is 5.99. The Labute approximate surface area is 156 Å². The van der Waals surface area contributed by atoms with E-state index in [4.69, 9.17) is 14.2 Å². The van der Waals surface area contributed by atoms with Crippen molar-refractivity contribution < 1.29 is 19.0 Å². The Morgan fingerprint density at radius 2 is 1.93 bits per heavy atom. The maximum absolute atomic E-state index is 12.5. The van der Waals surface area contributed by atoms with Crippen LogP contribution in [0, 0.1) is 0 Å². The van der Waals surface area contributed by atoms with Gasteiger partial charge in [0.1, 0.15) is 25.6 Å². The fourth-order valence-electron chi connectivity index (χ4n) is 2.70. The zero-order valence-electron chi connectivity index (χ0n) is 14.6. The summed E-state index contributed by atoms with van der Waals surface area (Å²) in [5.41, 5.74) is 2.13. The van der Waals surface area contributed by atoms with Crippen LogP contribution in [-0.2, 0) is 6.61 Å². The summed E-state index contributed by atoms with van der Waals surface area (Å²) in [6.07, 6.45) is 3.48. The minimum atomic E-state index is -0.226. The first-order chi connectivity index (χ1) is 13.3. The van der Waals surface area contributed by atoms with Gasteiger partial charge in [0.25, 0.3) is 5.91 Å². The maximum atomic E-state index is 12.5. The molecule has 0 saturated carbocycles. The van der Waals surface area contributed by atoms with Crippen LogP contribution < -0.4 is 19.5 Å². The summed E-state index contributed by atoms with van der Waals surface area (Å²) in [6.45, 7) is 1.41. The first kappa shape index (κ1) is 16.9. The van der Waals surface area contributed by atoms with Crippen LogP contribution in [0.15, 0.2) is 67.0 Å².